The van der Waals surface area contributed by atoms with Crippen molar-refractivity contribution in [2.45, 2.75) is 19.4 Å². The summed E-state index contributed by atoms with van der Waals surface area (Å²) in [4.78, 5) is 11.5. The second-order valence-electron chi connectivity index (χ2n) is 3.85. The summed E-state index contributed by atoms with van der Waals surface area (Å²) in [6.07, 6.45) is 0.983. The fraction of sp³-hybridized carbons (Fsp3) is 0.462. The highest BCUT2D eigenvalue weighted by Crippen LogP contribution is 2.18. The first-order valence-electron chi connectivity index (χ1n) is 5.81. The minimum Gasteiger partial charge on any atom is -0.488 e. The van der Waals surface area contributed by atoms with Crippen LogP contribution < -0.4 is 4.74 Å². The molecule has 0 radical (unpaired) electrons. The predicted octanol–water partition coefficient (Wildman–Crippen LogP) is 2.03. The van der Waals surface area contributed by atoms with E-state index in [-0.39, 0.29) is 12.1 Å². The molecule has 0 aromatic heterocycles. The standard InChI is InChI=1S/C13H16O4/c1-2-16-13(14)10-4-3-5-11(8-10)17-12-6-7-15-9-12/h3-5,8,12H,2,6-7,9H2,1H3. The van der Waals surface area contributed by atoms with Gasteiger partial charge in [-0.05, 0) is 25.1 Å². The molecule has 2 rings (SSSR count). The lowest BCUT2D eigenvalue weighted by Gasteiger charge is -2.12. The molecule has 1 aromatic rings. The topological polar surface area (TPSA) is 44.8 Å². The van der Waals surface area contributed by atoms with Gasteiger partial charge in [0.05, 0.1) is 25.4 Å². The molecule has 17 heavy (non-hydrogen) atoms. The van der Waals surface area contributed by atoms with Gasteiger partial charge in [0.2, 0.25) is 0 Å². The Kier molecular flexibility index (Phi) is 3.98. The first-order valence-corrected chi connectivity index (χ1v) is 5.81. The Balaban J connectivity index is 2.02. The molecule has 4 nitrogen and oxygen atoms in total. The number of rotatable bonds is 4. The third-order valence-corrected chi connectivity index (χ3v) is 2.54. The first kappa shape index (κ1) is 11.9. The van der Waals surface area contributed by atoms with Gasteiger partial charge < -0.3 is 14.2 Å². The molecule has 0 amide bonds. The van der Waals surface area contributed by atoms with Gasteiger partial charge in [0.25, 0.3) is 0 Å². The molecule has 0 aliphatic carbocycles. The van der Waals surface area contributed by atoms with Gasteiger partial charge in [-0.15, -0.1) is 0 Å². The van der Waals surface area contributed by atoms with Gasteiger partial charge in [0.1, 0.15) is 11.9 Å². The van der Waals surface area contributed by atoms with Crippen molar-refractivity contribution < 1.29 is 19.0 Å². The predicted molar refractivity (Wildman–Crippen MR) is 62.3 cm³/mol. The van der Waals surface area contributed by atoms with E-state index in [0.29, 0.717) is 24.5 Å². The van der Waals surface area contributed by atoms with Crippen molar-refractivity contribution in [1.82, 2.24) is 0 Å². The maximum Gasteiger partial charge on any atom is 0.338 e. The van der Waals surface area contributed by atoms with Crippen LogP contribution in [0.3, 0.4) is 0 Å². The Morgan fingerprint density at radius 2 is 2.41 bits per heavy atom. The highest BCUT2D eigenvalue weighted by Gasteiger charge is 2.17. The SMILES string of the molecule is CCOC(=O)c1cccc(OC2CCOC2)c1. The molecule has 1 fully saturated rings. The van der Waals surface area contributed by atoms with Crippen molar-refractivity contribution in [1.29, 1.82) is 0 Å². The lowest BCUT2D eigenvalue weighted by atomic mass is 10.2. The second kappa shape index (κ2) is 5.68. The van der Waals surface area contributed by atoms with Crippen LogP contribution in [0.4, 0.5) is 0 Å². The Morgan fingerprint density at radius 3 is 3.12 bits per heavy atom. The Labute approximate surface area is 100 Å². The van der Waals surface area contributed by atoms with E-state index in [1.807, 2.05) is 6.07 Å². The van der Waals surface area contributed by atoms with Crippen molar-refractivity contribution in [2.75, 3.05) is 19.8 Å². The molecule has 1 saturated heterocycles. The smallest absolute Gasteiger partial charge is 0.338 e. The monoisotopic (exact) mass is 236 g/mol. The van der Waals surface area contributed by atoms with E-state index in [1.54, 1.807) is 25.1 Å². The molecule has 1 aliphatic rings. The summed E-state index contributed by atoms with van der Waals surface area (Å²) in [5.74, 6) is 0.367. The van der Waals surface area contributed by atoms with E-state index in [1.165, 1.54) is 0 Å². The third-order valence-electron chi connectivity index (χ3n) is 2.54. The Bertz CT molecular complexity index is 383. The van der Waals surface area contributed by atoms with Gasteiger partial charge >= 0.3 is 5.97 Å². The number of benzene rings is 1. The first-order chi connectivity index (χ1) is 8.29. The van der Waals surface area contributed by atoms with Crippen molar-refractivity contribution in [3.05, 3.63) is 29.8 Å². The van der Waals surface area contributed by atoms with Crippen LogP contribution in [-0.4, -0.2) is 31.9 Å². The van der Waals surface area contributed by atoms with E-state index in [4.69, 9.17) is 14.2 Å². The minimum atomic E-state index is -0.319. The van der Waals surface area contributed by atoms with Gasteiger partial charge in [-0.2, -0.15) is 0 Å². The summed E-state index contributed by atoms with van der Waals surface area (Å²) in [7, 11) is 0. The molecule has 1 unspecified atom stereocenters. The summed E-state index contributed by atoms with van der Waals surface area (Å²) in [6.45, 7) is 3.51. The van der Waals surface area contributed by atoms with Gasteiger partial charge in [-0.25, -0.2) is 4.79 Å². The maximum absolute atomic E-state index is 11.5. The largest absolute Gasteiger partial charge is 0.488 e. The van der Waals surface area contributed by atoms with E-state index < -0.39 is 0 Å². The number of carbonyl (C=O) groups is 1. The normalized spacial score (nSPS) is 19.0. The summed E-state index contributed by atoms with van der Waals surface area (Å²) in [6, 6.07) is 7.05. The average Bonchev–Trinajstić information content (AvgIpc) is 2.82. The van der Waals surface area contributed by atoms with Gasteiger partial charge in [0.15, 0.2) is 0 Å². The molecule has 0 saturated carbocycles. The Hall–Kier alpha value is -1.55. The van der Waals surface area contributed by atoms with E-state index in [9.17, 15) is 4.79 Å². The van der Waals surface area contributed by atoms with Gasteiger partial charge in [-0.3, -0.25) is 0 Å². The second-order valence-corrected chi connectivity index (χ2v) is 3.85. The van der Waals surface area contributed by atoms with Crippen molar-refractivity contribution in [3.8, 4) is 5.75 Å². The summed E-state index contributed by atoms with van der Waals surface area (Å²) < 4.78 is 15.9. The Morgan fingerprint density at radius 1 is 1.53 bits per heavy atom. The number of ether oxygens (including phenoxy) is 3. The molecule has 1 atom stereocenters. The van der Waals surface area contributed by atoms with Gasteiger partial charge in [0, 0.05) is 6.42 Å². The number of esters is 1. The number of hydrogen-bond donors (Lipinski definition) is 0. The zero-order valence-corrected chi connectivity index (χ0v) is 9.85. The van der Waals surface area contributed by atoms with Crippen molar-refractivity contribution in [2.24, 2.45) is 0 Å². The van der Waals surface area contributed by atoms with Crippen LogP contribution in [0.25, 0.3) is 0 Å². The van der Waals surface area contributed by atoms with E-state index in [2.05, 4.69) is 0 Å². The molecule has 0 bridgehead atoms. The fourth-order valence-electron chi connectivity index (χ4n) is 1.71. The third kappa shape index (κ3) is 3.20. The lowest BCUT2D eigenvalue weighted by Crippen LogP contribution is -2.16. The minimum absolute atomic E-state index is 0.0902. The van der Waals surface area contributed by atoms with Crippen LogP contribution in [-0.2, 0) is 9.47 Å². The molecule has 0 spiro atoms. The summed E-state index contributed by atoms with van der Waals surface area (Å²) in [5, 5.41) is 0. The molecule has 4 heteroatoms. The average molecular weight is 236 g/mol. The maximum atomic E-state index is 11.5. The molecular weight excluding hydrogens is 220 g/mol. The van der Waals surface area contributed by atoms with Crippen molar-refractivity contribution in [3.63, 3.8) is 0 Å². The zero-order valence-electron chi connectivity index (χ0n) is 9.85. The quantitative estimate of drug-likeness (QED) is 0.750. The fourth-order valence-corrected chi connectivity index (χ4v) is 1.71. The molecule has 1 aromatic carbocycles. The molecule has 92 valence electrons. The summed E-state index contributed by atoms with van der Waals surface area (Å²) in [5.41, 5.74) is 0.517. The van der Waals surface area contributed by atoms with Crippen LogP contribution in [0.1, 0.15) is 23.7 Å². The van der Waals surface area contributed by atoms with Crippen LogP contribution in [0.5, 0.6) is 5.75 Å². The highest BCUT2D eigenvalue weighted by atomic mass is 16.5. The molecule has 0 N–H and O–H groups in total. The molecule has 1 aliphatic heterocycles. The zero-order chi connectivity index (χ0) is 12.1. The molecule has 1 heterocycles. The van der Waals surface area contributed by atoms with E-state index >= 15 is 0 Å². The molecular formula is C13H16O4. The lowest BCUT2D eigenvalue weighted by molar-refractivity contribution is 0.0525. The summed E-state index contributed by atoms with van der Waals surface area (Å²) >= 11 is 0. The highest BCUT2D eigenvalue weighted by molar-refractivity contribution is 5.89. The van der Waals surface area contributed by atoms with Crippen LogP contribution >= 0.6 is 0 Å². The van der Waals surface area contributed by atoms with Crippen LogP contribution in [0.2, 0.25) is 0 Å². The van der Waals surface area contributed by atoms with Crippen molar-refractivity contribution >= 4 is 5.97 Å². The van der Waals surface area contributed by atoms with E-state index in [0.717, 1.165) is 13.0 Å². The number of carbonyl (C=O) groups excluding carboxylic acids is 1. The van der Waals surface area contributed by atoms with Gasteiger partial charge in [-0.1, -0.05) is 6.07 Å². The van der Waals surface area contributed by atoms with Crippen LogP contribution in [0, 0.1) is 0 Å². The number of hydrogen-bond acceptors (Lipinski definition) is 4. The van der Waals surface area contributed by atoms with Crippen LogP contribution in [0.15, 0.2) is 24.3 Å².